The summed E-state index contributed by atoms with van der Waals surface area (Å²) in [5.74, 6) is 1.35. The van der Waals surface area contributed by atoms with Crippen LogP contribution in [-0.2, 0) is 11.3 Å². The number of carbonyl (C=O) groups is 1. The van der Waals surface area contributed by atoms with Crippen LogP contribution in [0.25, 0.3) is 22.3 Å². The van der Waals surface area contributed by atoms with Crippen LogP contribution in [0.1, 0.15) is 62.2 Å². The van der Waals surface area contributed by atoms with Crippen molar-refractivity contribution in [2.45, 2.75) is 58.4 Å². The number of nitrogens with one attached hydrogen (secondary N) is 1. The van der Waals surface area contributed by atoms with Gasteiger partial charge in [-0.15, -0.1) is 0 Å². The molecular formula is C27H36N6O2. The van der Waals surface area contributed by atoms with E-state index in [0.717, 1.165) is 48.2 Å². The normalized spacial score (nSPS) is 17.1. The molecule has 1 saturated carbocycles. The van der Waals surface area contributed by atoms with E-state index < -0.39 is 0 Å². The average molecular weight is 477 g/mol. The molecule has 0 bridgehead atoms. The van der Waals surface area contributed by atoms with E-state index in [1.54, 1.807) is 0 Å². The number of fused-ring (bicyclic) bond motifs is 1. The number of benzene rings is 1. The van der Waals surface area contributed by atoms with Crippen LogP contribution < -0.4 is 5.32 Å². The second kappa shape index (κ2) is 11.2. The van der Waals surface area contributed by atoms with E-state index in [0.29, 0.717) is 43.7 Å². The molecule has 1 saturated heterocycles. The van der Waals surface area contributed by atoms with E-state index in [1.165, 1.54) is 32.1 Å². The molecule has 5 rings (SSSR count). The molecule has 35 heavy (non-hydrogen) atoms. The first-order valence-corrected chi connectivity index (χ1v) is 13.2. The first-order valence-electron chi connectivity index (χ1n) is 13.2. The lowest BCUT2D eigenvalue weighted by Gasteiger charge is -2.26. The molecule has 1 aliphatic heterocycles. The first-order chi connectivity index (χ1) is 17.2. The number of rotatable bonds is 8. The Morgan fingerprint density at radius 3 is 2.63 bits per heavy atom. The molecule has 1 aliphatic carbocycles. The van der Waals surface area contributed by atoms with E-state index in [4.69, 9.17) is 14.8 Å². The summed E-state index contributed by atoms with van der Waals surface area (Å²) >= 11 is 0. The Morgan fingerprint density at radius 2 is 1.89 bits per heavy atom. The maximum atomic E-state index is 12.9. The predicted octanol–water partition coefficient (Wildman–Crippen LogP) is 4.76. The molecule has 3 heterocycles. The van der Waals surface area contributed by atoms with E-state index >= 15 is 0 Å². The highest BCUT2D eigenvalue weighted by Gasteiger charge is 2.21. The van der Waals surface area contributed by atoms with Gasteiger partial charge in [0.05, 0.1) is 18.6 Å². The van der Waals surface area contributed by atoms with Crippen molar-refractivity contribution < 1.29 is 9.53 Å². The molecule has 8 heteroatoms. The fourth-order valence-corrected chi connectivity index (χ4v) is 5.10. The quantitative estimate of drug-likeness (QED) is 0.472. The number of hydrogen-bond donors (Lipinski definition) is 1. The number of ether oxygens (including phenoxy) is 1. The molecule has 8 nitrogen and oxygen atoms in total. The molecule has 1 aromatic carbocycles. The van der Waals surface area contributed by atoms with Gasteiger partial charge in [0, 0.05) is 43.5 Å². The van der Waals surface area contributed by atoms with Gasteiger partial charge in [0.1, 0.15) is 5.69 Å². The van der Waals surface area contributed by atoms with Crippen LogP contribution in [0.3, 0.4) is 0 Å². The predicted molar refractivity (Wildman–Crippen MR) is 137 cm³/mol. The fraction of sp³-hybridized carbons (Fsp3) is 0.556. The number of anilines is 1. The van der Waals surface area contributed by atoms with E-state index in [2.05, 4.69) is 21.9 Å². The molecule has 3 aromatic rings. The van der Waals surface area contributed by atoms with Crippen molar-refractivity contribution in [2.24, 2.45) is 5.92 Å². The second-order valence-corrected chi connectivity index (χ2v) is 9.73. The highest BCUT2D eigenvalue weighted by atomic mass is 16.5. The van der Waals surface area contributed by atoms with Crippen LogP contribution in [0.2, 0.25) is 0 Å². The lowest BCUT2D eigenvalue weighted by Crippen LogP contribution is -2.40. The van der Waals surface area contributed by atoms with Gasteiger partial charge in [0.25, 0.3) is 5.91 Å². The molecule has 0 radical (unpaired) electrons. The van der Waals surface area contributed by atoms with Crippen molar-refractivity contribution in [3.63, 3.8) is 0 Å². The Labute approximate surface area is 207 Å². The molecule has 2 fully saturated rings. The number of morpholine rings is 1. The standard InChI is InChI=1S/C27H36N6O2/c1-2-3-13-28-27-29-18-23-24(31-33(25(23)30-27)19-20-7-5-4-6-8-20)21-9-11-22(12-10-21)26(34)32-14-16-35-17-15-32/h9-12,18,20H,2-8,13-17,19H2,1H3,(H,28,29,30). The average Bonchev–Trinajstić information content (AvgIpc) is 3.27. The zero-order chi connectivity index (χ0) is 24.0. The number of nitrogens with zero attached hydrogens (tertiary/aromatic N) is 5. The van der Waals surface area contributed by atoms with Crippen molar-refractivity contribution in [1.29, 1.82) is 0 Å². The summed E-state index contributed by atoms with van der Waals surface area (Å²) in [5.41, 5.74) is 3.43. The minimum Gasteiger partial charge on any atom is -0.378 e. The van der Waals surface area contributed by atoms with Crippen LogP contribution in [0, 0.1) is 5.92 Å². The molecule has 2 aliphatic rings. The Morgan fingerprint density at radius 1 is 1.11 bits per heavy atom. The Kier molecular flexibility index (Phi) is 7.57. The van der Waals surface area contributed by atoms with Gasteiger partial charge in [-0.25, -0.2) is 9.67 Å². The van der Waals surface area contributed by atoms with E-state index in [1.807, 2.05) is 35.4 Å². The van der Waals surface area contributed by atoms with Crippen molar-refractivity contribution >= 4 is 22.9 Å². The summed E-state index contributed by atoms with van der Waals surface area (Å²) in [4.78, 5) is 24.2. The van der Waals surface area contributed by atoms with Crippen molar-refractivity contribution in [1.82, 2.24) is 24.6 Å². The van der Waals surface area contributed by atoms with Crippen LogP contribution in [0.4, 0.5) is 5.95 Å². The smallest absolute Gasteiger partial charge is 0.254 e. The third-order valence-corrected chi connectivity index (χ3v) is 7.16. The maximum Gasteiger partial charge on any atom is 0.254 e. The van der Waals surface area contributed by atoms with Crippen molar-refractivity contribution in [3.8, 4) is 11.3 Å². The van der Waals surface area contributed by atoms with E-state index in [9.17, 15) is 4.79 Å². The van der Waals surface area contributed by atoms with Gasteiger partial charge in [0.15, 0.2) is 5.65 Å². The highest BCUT2D eigenvalue weighted by molar-refractivity contribution is 5.96. The minimum absolute atomic E-state index is 0.0543. The molecule has 0 unspecified atom stereocenters. The van der Waals surface area contributed by atoms with Gasteiger partial charge in [-0.2, -0.15) is 10.1 Å². The second-order valence-electron chi connectivity index (χ2n) is 9.73. The zero-order valence-electron chi connectivity index (χ0n) is 20.7. The summed E-state index contributed by atoms with van der Waals surface area (Å²) in [6, 6.07) is 7.79. The number of hydrogen-bond acceptors (Lipinski definition) is 6. The van der Waals surface area contributed by atoms with Gasteiger partial charge in [-0.3, -0.25) is 4.79 Å². The summed E-state index contributed by atoms with van der Waals surface area (Å²) in [5, 5.41) is 9.34. The number of aromatic nitrogens is 4. The molecule has 0 atom stereocenters. The van der Waals surface area contributed by atoms with Crippen LogP contribution >= 0.6 is 0 Å². The lowest BCUT2D eigenvalue weighted by atomic mass is 9.89. The van der Waals surface area contributed by atoms with Crippen molar-refractivity contribution in [2.75, 3.05) is 38.2 Å². The van der Waals surface area contributed by atoms with Crippen LogP contribution in [0.5, 0.6) is 0 Å². The number of carbonyl (C=O) groups excluding carboxylic acids is 1. The summed E-state index contributed by atoms with van der Waals surface area (Å²) in [6.45, 7) is 6.41. The number of amides is 1. The fourth-order valence-electron chi connectivity index (χ4n) is 5.10. The molecule has 0 spiro atoms. The lowest BCUT2D eigenvalue weighted by molar-refractivity contribution is 0.0303. The molecule has 2 aromatic heterocycles. The maximum absolute atomic E-state index is 12.9. The molecule has 1 N–H and O–H groups in total. The highest BCUT2D eigenvalue weighted by Crippen LogP contribution is 2.31. The summed E-state index contributed by atoms with van der Waals surface area (Å²) in [6.07, 6.45) is 10.5. The van der Waals surface area contributed by atoms with Crippen molar-refractivity contribution in [3.05, 3.63) is 36.0 Å². The Balaban J connectivity index is 1.43. The van der Waals surface area contributed by atoms with Gasteiger partial charge < -0.3 is 15.0 Å². The summed E-state index contributed by atoms with van der Waals surface area (Å²) in [7, 11) is 0. The Hall–Kier alpha value is -3.00. The monoisotopic (exact) mass is 476 g/mol. The van der Waals surface area contributed by atoms with Gasteiger partial charge in [-0.1, -0.05) is 44.7 Å². The molecule has 1 amide bonds. The minimum atomic E-state index is 0.0543. The molecule has 186 valence electrons. The van der Waals surface area contributed by atoms with Gasteiger partial charge in [-0.05, 0) is 37.3 Å². The van der Waals surface area contributed by atoms with Crippen LogP contribution in [0.15, 0.2) is 30.5 Å². The molecular weight excluding hydrogens is 440 g/mol. The Bertz CT molecular complexity index is 1130. The topological polar surface area (TPSA) is 85.2 Å². The first kappa shape index (κ1) is 23.7. The van der Waals surface area contributed by atoms with Gasteiger partial charge >= 0.3 is 0 Å². The third-order valence-electron chi connectivity index (χ3n) is 7.16. The van der Waals surface area contributed by atoms with Gasteiger partial charge in [0.2, 0.25) is 5.95 Å². The third kappa shape index (κ3) is 5.48. The van der Waals surface area contributed by atoms with Crippen LogP contribution in [-0.4, -0.2) is 63.4 Å². The zero-order valence-corrected chi connectivity index (χ0v) is 20.7. The SMILES string of the molecule is CCCCNc1ncc2c(-c3ccc(C(=O)N4CCOCC4)cc3)nn(CC3CCCCC3)c2n1. The largest absolute Gasteiger partial charge is 0.378 e. The number of unbranched alkanes of at least 4 members (excludes halogenated alkanes) is 1. The van der Waals surface area contributed by atoms with E-state index in [-0.39, 0.29) is 5.91 Å². The summed E-state index contributed by atoms with van der Waals surface area (Å²) < 4.78 is 7.46.